The first-order chi connectivity index (χ1) is 8.67. The van der Waals surface area contributed by atoms with Crippen LogP contribution >= 0.6 is 0 Å². The lowest BCUT2D eigenvalue weighted by Crippen LogP contribution is -2.21. The topological polar surface area (TPSA) is 102 Å². The van der Waals surface area contributed by atoms with Crippen LogP contribution in [0.25, 0.3) is 0 Å². The lowest BCUT2D eigenvalue weighted by atomic mass is 9.83. The van der Waals surface area contributed by atoms with Gasteiger partial charge in [0.2, 0.25) is 5.95 Å². The van der Waals surface area contributed by atoms with E-state index in [0.717, 1.165) is 24.2 Å². The third kappa shape index (κ3) is 3.46. The van der Waals surface area contributed by atoms with Crippen molar-refractivity contribution in [3.8, 4) is 0 Å². The summed E-state index contributed by atoms with van der Waals surface area (Å²) in [5, 5.41) is 3.32. The molecule has 6 heteroatoms. The normalized spacial score (nSPS) is 23.7. The van der Waals surface area contributed by atoms with E-state index < -0.39 is 0 Å². The van der Waals surface area contributed by atoms with E-state index in [1.807, 2.05) is 0 Å². The highest BCUT2D eigenvalue weighted by Crippen LogP contribution is 2.28. The summed E-state index contributed by atoms with van der Waals surface area (Å²) < 4.78 is 0. The number of nitrogens with zero attached hydrogens (tertiary/aromatic N) is 2. The molecule has 0 aliphatic heterocycles. The Hall–Kier alpha value is -1.56. The Kier molecular flexibility index (Phi) is 4.19. The van der Waals surface area contributed by atoms with Gasteiger partial charge in [-0.05, 0) is 24.7 Å². The summed E-state index contributed by atoms with van der Waals surface area (Å²) in [4.78, 5) is 8.09. The highest BCUT2D eigenvalue weighted by Gasteiger charge is 2.18. The molecule has 100 valence electrons. The minimum Gasteiger partial charge on any atom is -0.370 e. The van der Waals surface area contributed by atoms with Crippen LogP contribution in [0.5, 0.6) is 0 Å². The summed E-state index contributed by atoms with van der Waals surface area (Å²) in [7, 11) is 0. The fraction of sp³-hybridized carbons (Fsp3) is 0.667. The number of nitrogen functional groups attached to an aromatic ring is 2. The molecule has 0 bridgehead atoms. The average molecular weight is 250 g/mol. The van der Waals surface area contributed by atoms with Gasteiger partial charge in [-0.1, -0.05) is 19.8 Å². The van der Waals surface area contributed by atoms with Gasteiger partial charge >= 0.3 is 0 Å². The van der Waals surface area contributed by atoms with Crippen molar-refractivity contribution < 1.29 is 0 Å². The molecule has 1 aliphatic carbocycles. The second-order valence-corrected chi connectivity index (χ2v) is 5.15. The molecule has 0 amide bonds. The van der Waals surface area contributed by atoms with Crippen LogP contribution in [0, 0.1) is 11.8 Å². The smallest absolute Gasteiger partial charge is 0.223 e. The third-order valence-electron chi connectivity index (χ3n) is 3.60. The van der Waals surface area contributed by atoms with E-state index in [-0.39, 0.29) is 5.95 Å². The van der Waals surface area contributed by atoms with Gasteiger partial charge < -0.3 is 16.5 Å². The van der Waals surface area contributed by atoms with Gasteiger partial charge in [0.1, 0.15) is 11.6 Å². The molecular formula is C12H22N6. The molecule has 1 aromatic heterocycles. The van der Waals surface area contributed by atoms with E-state index in [9.17, 15) is 0 Å². The predicted octanol–water partition coefficient (Wildman–Crippen LogP) is 1.58. The molecule has 0 unspecified atom stereocenters. The zero-order valence-electron chi connectivity index (χ0n) is 10.8. The Morgan fingerprint density at radius 3 is 2.56 bits per heavy atom. The SMILES string of the molecule is CC1CCC(CNc2cc(NN)nc(N)n2)CC1. The summed E-state index contributed by atoms with van der Waals surface area (Å²) in [5.41, 5.74) is 8.08. The van der Waals surface area contributed by atoms with E-state index in [1.165, 1.54) is 25.7 Å². The molecular weight excluding hydrogens is 228 g/mol. The van der Waals surface area contributed by atoms with Crippen molar-refractivity contribution in [2.75, 3.05) is 23.0 Å². The summed E-state index contributed by atoms with van der Waals surface area (Å²) in [6, 6.07) is 1.77. The molecule has 1 aromatic rings. The molecule has 0 atom stereocenters. The van der Waals surface area contributed by atoms with Crippen molar-refractivity contribution in [2.45, 2.75) is 32.6 Å². The molecule has 0 aromatic carbocycles. The number of hydrogen-bond acceptors (Lipinski definition) is 6. The van der Waals surface area contributed by atoms with Crippen LogP contribution in [0.4, 0.5) is 17.6 Å². The Labute approximate surface area is 108 Å². The monoisotopic (exact) mass is 250 g/mol. The first-order valence-corrected chi connectivity index (χ1v) is 6.52. The van der Waals surface area contributed by atoms with E-state index in [4.69, 9.17) is 11.6 Å². The number of nitrogens with two attached hydrogens (primary N) is 2. The average Bonchev–Trinajstić information content (AvgIpc) is 2.37. The van der Waals surface area contributed by atoms with Crippen molar-refractivity contribution in [1.82, 2.24) is 9.97 Å². The fourth-order valence-electron chi connectivity index (χ4n) is 2.41. The second kappa shape index (κ2) is 5.86. The van der Waals surface area contributed by atoms with E-state index in [1.54, 1.807) is 6.07 Å². The maximum atomic E-state index is 5.60. The van der Waals surface area contributed by atoms with Crippen molar-refractivity contribution in [3.05, 3.63) is 6.07 Å². The van der Waals surface area contributed by atoms with Crippen LogP contribution < -0.4 is 22.3 Å². The molecule has 0 spiro atoms. The third-order valence-corrected chi connectivity index (χ3v) is 3.60. The molecule has 1 fully saturated rings. The van der Waals surface area contributed by atoms with Crippen LogP contribution in [0.3, 0.4) is 0 Å². The quantitative estimate of drug-likeness (QED) is 0.478. The van der Waals surface area contributed by atoms with Crippen LogP contribution in [0.2, 0.25) is 0 Å². The van der Waals surface area contributed by atoms with Gasteiger partial charge in [0.15, 0.2) is 0 Å². The molecule has 0 radical (unpaired) electrons. The number of nitrogens with one attached hydrogen (secondary N) is 2. The van der Waals surface area contributed by atoms with Gasteiger partial charge in [-0.3, -0.25) is 0 Å². The molecule has 2 rings (SSSR count). The fourth-order valence-corrected chi connectivity index (χ4v) is 2.41. The van der Waals surface area contributed by atoms with Gasteiger partial charge in [0.05, 0.1) is 0 Å². The van der Waals surface area contributed by atoms with Crippen molar-refractivity contribution in [1.29, 1.82) is 0 Å². The first-order valence-electron chi connectivity index (χ1n) is 6.52. The zero-order chi connectivity index (χ0) is 13.0. The van der Waals surface area contributed by atoms with Crippen LogP contribution in [-0.2, 0) is 0 Å². The number of rotatable bonds is 4. The minimum absolute atomic E-state index is 0.227. The van der Waals surface area contributed by atoms with Gasteiger partial charge in [-0.15, -0.1) is 0 Å². The highest BCUT2D eigenvalue weighted by molar-refractivity contribution is 5.50. The Morgan fingerprint density at radius 2 is 1.89 bits per heavy atom. The lowest BCUT2D eigenvalue weighted by molar-refractivity contribution is 0.300. The molecule has 6 nitrogen and oxygen atoms in total. The van der Waals surface area contributed by atoms with Crippen molar-refractivity contribution in [2.24, 2.45) is 17.7 Å². The molecule has 1 saturated carbocycles. The molecule has 0 saturated heterocycles. The predicted molar refractivity (Wildman–Crippen MR) is 73.9 cm³/mol. The minimum atomic E-state index is 0.227. The van der Waals surface area contributed by atoms with Crippen molar-refractivity contribution >= 4 is 17.6 Å². The maximum Gasteiger partial charge on any atom is 0.223 e. The molecule has 1 heterocycles. The number of anilines is 3. The number of hydrogen-bond donors (Lipinski definition) is 4. The van der Waals surface area contributed by atoms with Crippen molar-refractivity contribution in [3.63, 3.8) is 0 Å². The number of hydrazine groups is 1. The second-order valence-electron chi connectivity index (χ2n) is 5.15. The summed E-state index contributed by atoms with van der Waals surface area (Å²) in [6.07, 6.45) is 5.23. The first kappa shape index (κ1) is 12.9. The van der Waals surface area contributed by atoms with E-state index in [0.29, 0.717) is 5.82 Å². The van der Waals surface area contributed by atoms with Gasteiger partial charge in [-0.25, -0.2) is 5.84 Å². The van der Waals surface area contributed by atoms with Gasteiger partial charge in [0.25, 0.3) is 0 Å². The standard InChI is InChI=1S/C12H22N6/c1-8-2-4-9(5-3-8)7-15-10-6-11(18-14)17-12(13)16-10/h6,8-9H,2-5,7,14H2,1H3,(H4,13,15,16,17,18). The Bertz CT molecular complexity index is 386. The van der Waals surface area contributed by atoms with E-state index >= 15 is 0 Å². The summed E-state index contributed by atoms with van der Waals surface area (Å²) in [6.45, 7) is 3.27. The Balaban J connectivity index is 1.88. The highest BCUT2D eigenvalue weighted by atomic mass is 15.3. The lowest BCUT2D eigenvalue weighted by Gasteiger charge is -2.26. The van der Waals surface area contributed by atoms with Crippen LogP contribution in [0.1, 0.15) is 32.6 Å². The van der Waals surface area contributed by atoms with Crippen LogP contribution in [-0.4, -0.2) is 16.5 Å². The Morgan fingerprint density at radius 1 is 1.22 bits per heavy atom. The maximum absolute atomic E-state index is 5.60. The largest absolute Gasteiger partial charge is 0.370 e. The zero-order valence-corrected chi connectivity index (χ0v) is 10.8. The summed E-state index contributed by atoms with van der Waals surface area (Å²) >= 11 is 0. The van der Waals surface area contributed by atoms with Crippen LogP contribution in [0.15, 0.2) is 6.07 Å². The molecule has 18 heavy (non-hydrogen) atoms. The summed E-state index contributed by atoms with van der Waals surface area (Å²) in [5.74, 6) is 8.41. The molecule has 6 N–H and O–H groups in total. The molecule has 1 aliphatic rings. The number of aromatic nitrogens is 2. The van der Waals surface area contributed by atoms with E-state index in [2.05, 4.69) is 27.6 Å². The van der Waals surface area contributed by atoms with Gasteiger partial charge in [-0.2, -0.15) is 9.97 Å². The van der Waals surface area contributed by atoms with Gasteiger partial charge in [0, 0.05) is 12.6 Å².